The van der Waals surface area contributed by atoms with E-state index in [4.69, 9.17) is 0 Å². The molecule has 1 aliphatic rings. The lowest BCUT2D eigenvalue weighted by Gasteiger charge is -2.24. The highest BCUT2D eigenvalue weighted by molar-refractivity contribution is 7.99. The van der Waals surface area contributed by atoms with E-state index in [0.717, 1.165) is 22.2 Å². The van der Waals surface area contributed by atoms with Gasteiger partial charge in [-0.1, -0.05) is 32.5 Å². The molecule has 104 valence electrons. The minimum atomic E-state index is -0.264. The molecule has 2 heterocycles. The molecule has 0 aliphatic carbocycles. The molecule has 1 aliphatic heterocycles. The van der Waals surface area contributed by atoms with E-state index in [2.05, 4.69) is 36.1 Å². The molecule has 0 unspecified atom stereocenters. The first-order chi connectivity index (χ1) is 9.45. The van der Waals surface area contributed by atoms with Crippen LogP contribution in [0.1, 0.15) is 20.8 Å². The van der Waals surface area contributed by atoms with Gasteiger partial charge in [0.05, 0.1) is 5.71 Å². The zero-order chi connectivity index (χ0) is 14.3. The molecule has 0 N–H and O–H groups in total. The summed E-state index contributed by atoms with van der Waals surface area (Å²) in [4.78, 5) is 0. The Morgan fingerprint density at radius 3 is 2.50 bits per heavy atom. The quantitative estimate of drug-likeness (QED) is 0.808. The van der Waals surface area contributed by atoms with E-state index in [0.29, 0.717) is 5.82 Å². The summed E-state index contributed by atoms with van der Waals surface area (Å²) >= 11 is 1.63. The van der Waals surface area contributed by atoms with Crippen molar-refractivity contribution in [2.24, 2.45) is 10.5 Å². The standard InChI is InChI=1S/C14H15FN4S/c1-14(2,3)11-8-20-13-17-16-12(19(13)18-11)9-4-6-10(15)7-5-9/h4-7H,8H2,1-3H3. The number of halogens is 1. The van der Waals surface area contributed by atoms with E-state index in [1.54, 1.807) is 28.6 Å². The molecule has 0 spiro atoms. The Morgan fingerprint density at radius 2 is 1.85 bits per heavy atom. The number of aromatic nitrogens is 3. The normalized spacial score (nSPS) is 14.9. The van der Waals surface area contributed by atoms with Crippen molar-refractivity contribution in [2.45, 2.75) is 25.9 Å². The van der Waals surface area contributed by atoms with E-state index < -0.39 is 0 Å². The van der Waals surface area contributed by atoms with Crippen LogP contribution in [0.25, 0.3) is 11.4 Å². The lowest BCUT2D eigenvalue weighted by Crippen LogP contribution is -2.26. The lowest BCUT2D eigenvalue weighted by molar-refractivity contribution is 0.574. The van der Waals surface area contributed by atoms with Gasteiger partial charge in [-0.05, 0) is 24.3 Å². The predicted octanol–water partition coefficient (Wildman–Crippen LogP) is 3.44. The van der Waals surface area contributed by atoms with Crippen molar-refractivity contribution in [1.82, 2.24) is 14.9 Å². The van der Waals surface area contributed by atoms with Crippen LogP contribution in [0, 0.1) is 11.2 Å². The average Bonchev–Trinajstić information content (AvgIpc) is 2.81. The second-order valence-corrected chi connectivity index (χ2v) is 6.65. The third-order valence-corrected chi connectivity index (χ3v) is 4.07. The molecular weight excluding hydrogens is 275 g/mol. The summed E-state index contributed by atoms with van der Waals surface area (Å²) in [6.07, 6.45) is 0. The predicted molar refractivity (Wildman–Crippen MR) is 78.4 cm³/mol. The van der Waals surface area contributed by atoms with Crippen LogP contribution in [0.15, 0.2) is 34.5 Å². The van der Waals surface area contributed by atoms with Crippen LogP contribution in [-0.2, 0) is 0 Å². The van der Waals surface area contributed by atoms with Gasteiger partial charge in [0, 0.05) is 16.7 Å². The van der Waals surface area contributed by atoms with Gasteiger partial charge in [0.2, 0.25) is 5.16 Å². The first kappa shape index (κ1) is 13.3. The Hall–Kier alpha value is -1.69. The Balaban J connectivity index is 2.08. The molecule has 0 atom stereocenters. The minimum Gasteiger partial charge on any atom is -0.207 e. The van der Waals surface area contributed by atoms with Crippen molar-refractivity contribution in [3.63, 3.8) is 0 Å². The molecule has 2 aromatic rings. The molecular formula is C14H15FN4S. The van der Waals surface area contributed by atoms with Gasteiger partial charge in [-0.15, -0.1) is 10.2 Å². The smallest absolute Gasteiger partial charge is 0.207 e. The lowest BCUT2D eigenvalue weighted by atomic mass is 9.91. The Bertz CT molecular complexity index is 667. The first-order valence-electron chi connectivity index (χ1n) is 6.37. The largest absolute Gasteiger partial charge is 0.212 e. The maximum Gasteiger partial charge on any atom is 0.212 e. The first-order valence-corrected chi connectivity index (χ1v) is 7.36. The average molecular weight is 290 g/mol. The minimum absolute atomic E-state index is 0.00895. The van der Waals surface area contributed by atoms with Gasteiger partial charge in [-0.25, -0.2) is 4.39 Å². The fraction of sp³-hybridized carbons (Fsp3) is 0.357. The molecule has 0 saturated heterocycles. The number of hydrogen-bond acceptors (Lipinski definition) is 4. The molecule has 4 nitrogen and oxygen atoms in total. The van der Waals surface area contributed by atoms with E-state index in [1.807, 2.05) is 0 Å². The van der Waals surface area contributed by atoms with E-state index in [-0.39, 0.29) is 11.2 Å². The molecule has 20 heavy (non-hydrogen) atoms. The summed E-state index contributed by atoms with van der Waals surface area (Å²) in [5, 5.41) is 13.8. The van der Waals surface area contributed by atoms with Crippen LogP contribution in [0.4, 0.5) is 4.39 Å². The summed E-state index contributed by atoms with van der Waals surface area (Å²) in [5.41, 5.74) is 1.91. The van der Waals surface area contributed by atoms with Gasteiger partial charge in [-0.3, -0.25) is 0 Å². The van der Waals surface area contributed by atoms with E-state index >= 15 is 0 Å². The number of hydrogen-bond donors (Lipinski definition) is 0. The van der Waals surface area contributed by atoms with Crippen LogP contribution in [0.5, 0.6) is 0 Å². The van der Waals surface area contributed by atoms with Crippen LogP contribution in [-0.4, -0.2) is 26.3 Å². The zero-order valence-electron chi connectivity index (χ0n) is 11.6. The third kappa shape index (κ3) is 2.35. The van der Waals surface area contributed by atoms with Crippen molar-refractivity contribution in [3.8, 4) is 11.4 Å². The highest BCUT2D eigenvalue weighted by Gasteiger charge is 2.26. The van der Waals surface area contributed by atoms with Crippen molar-refractivity contribution in [1.29, 1.82) is 0 Å². The van der Waals surface area contributed by atoms with Gasteiger partial charge in [0.15, 0.2) is 5.82 Å². The molecule has 0 fully saturated rings. The molecule has 0 saturated carbocycles. The highest BCUT2D eigenvalue weighted by Crippen LogP contribution is 2.31. The number of rotatable bonds is 1. The molecule has 1 aromatic heterocycles. The zero-order valence-corrected chi connectivity index (χ0v) is 12.4. The highest BCUT2D eigenvalue weighted by atomic mass is 32.2. The Kier molecular flexibility index (Phi) is 3.12. The van der Waals surface area contributed by atoms with Crippen molar-refractivity contribution in [2.75, 3.05) is 5.75 Å². The SMILES string of the molecule is CC(C)(C)C1=Nn2c(nnc2-c2ccc(F)cc2)SC1. The number of benzene rings is 1. The van der Waals surface area contributed by atoms with Crippen LogP contribution in [0.2, 0.25) is 0 Å². The van der Waals surface area contributed by atoms with Gasteiger partial charge < -0.3 is 0 Å². The van der Waals surface area contributed by atoms with Crippen LogP contribution >= 0.6 is 11.8 Å². The van der Waals surface area contributed by atoms with Gasteiger partial charge in [0.1, 0.15) is 5.82 Å². The second kappa shape index (κ2) is 4.70. The number of fused-ring (bicyclic) bond motifs is 1. The van der Waals surface area contributed by atoms with Crippen LogP contribution in [0.3, 0.4) is 0 Å². The van der Waals surface area contributed by atoms with Crippen molar-refractivity contribution in [3.05, 3.63) is 30.1 Å². The third-order valence-electron chi connectivity index (χ3n) is 3.14. The number of thioether (sulfide) groups is 1. The molecule has 6 heteroatoms. The summed E-state index contributed by atoms with van der Waals surface area (Å²) in [6, 6.07) is 6.22. The maximum atomic E-state index is 13.0. The Morgan fingerprint density at radius 1 is 1.15 bits per heavy atom. The summed E-state index contributed by atoms with van der Waals surface area (Å²) in [6.45, 7) is 6.41. The van der Waals surface area contributed by atoms with Crippen LogP contribution < -0.4 is 0 Å². The molecule has 0 amide bonds. The molecule has 0 bridgehead atoms. The van der Waals surface area contributed by atoms with Gasteiger partial charge in [-0.2, -0.15) is 9.78 Å². The van der Waals surface area contributed by atoms with E-state index in [9.17, 15) is 4.39 Å². The van der Waals surface area contributed by atoms with Gasteiger partial charge >= 0.3 is 0 Å². The fourth-order valence-electron chi connectivity index (χ4n) is 1.87. The summed E-state index contributed by atoms with van der Waals surface area (Å²) in [7, 11) is 0. The molecule has 0 radical (unpaired) electrons. The maximum absolute atomic E-state index is 13.0. The monoisotopic (exact) mass is 290 g/mol. The van der Waals surface area contributed by atoms with E-state index in [1.165, 1.54) is 12.1 Å². The summed E-state index contributed by atoms with van der Waals surface area (Å²) in [5.74, 6) is 1.21. The summed E-state index contributed by atoms with van der Waals surface area (Å²) < 4.78 is 14.8. The second-order valence-electron chi connectivity index (χ2n) is 5.71. The molecule has 3 rings (SSSR count). The fourth-order valence-corrected chi connectivity index (χ4v) is 2.98. The van der Waals surface area contributed by atoms with Crippen molar-refractivity contribution >= 4 is 17.5 Å². The number of nitrogens with zero attached hydrogens (tertiary/aromatic N) is 4. The topological polar surface area (TPSA) is 43.1 Å². The van der Waals surface area contributed by atoms with Gasteiger partial charge in [0.25, 0.3) is 0 Å². The Labute approximate surface area is 121 Å². The molecule has 1 aromatic carbocycles. The van der Waals surface area contributed by atoms with Crippen molar-refractivity contribution < 1.29 is 4.39 Å².